The first-order valence-electron chi connectivity index (χ1n) is 11.9. The SMILES string of the molecule is COc1ccc(CC(C)CCC(=O)NCC2N(Cc3cc(Cl)ccc3O)C=C(C)N2C)c(Cl)c1OC. The van der Waals surface area contributed by atoms with Crippen LogP contribution in [-0.4, -0.2) is 54.8 Å². The second kappa shape index (κ2) is 12.5. The van der Waals surface area contributed by atoms with Gasteiger partial charge < -0.3 is 29.7 Å². The van der Waals surface area contributed by atoms with Crippen molar-refractivity contribution in [1.82, 2.24) is 15.1 Å². The highest BCUT2D eigenvalue weighted by Gasteiger charge is 2.28. The Hall–Kier alpha value is -2.77. The number of halogens is 2. The summed E-state index contributed by atoms with van der Waals surface area (Å²) in [5.41, 5.74) is 2.79. The van der Waals surface area contributed by atoms with Crippen LogP contribution in [0.4, 0.5) is 0 Å². The van der Waals surface area contributed by atoms with E-state index >= 15 is 0 Å². The predicted octanol–water partition coefficient (Wildman–Crippen LogP) is 5.43. The molecule has 36 heavy (non-hydrogen) atoms. The largest absolute Gasteiger partial charge is 0.508 e. The zero-order valence-electron chi connectivity index (χ0n) is 21.5. The number of ether oxygens (including phenoxy) is 2. The van der Waals surface area contributed by atoms with Crippen molar-refractivity contribution < 1.29 is 19.4 Å². The van der Waals surface area contributed by atoms with Gasteiger partial charge in [0.2, 0.25) is 5.91 Å². The van der Waals surface area contributed by atoms with Crippen molar-refractivity contribution in [2.45, 2.75) is 45.8 Å². The number of nitrogens with zero attached hydrogens (tertiary/aromatic N) is 2. The Kier molecular flexibility index (Phi) is 9.63. The fourth-order valence-electron chi connectivity index (χ4n) is 4.39. The molecule has 196 valence electrons. The van der Waals surface area contributed by atoms with E-state index < -0.39 is 0 Å². The molecular weight excluding hydrogens is 501 g/mol. The average Bonchev–Trinajstić information content (AvgIpc) is 3.11. The van der Waals surface area contributed by atoms with E-state index in [1.807, 2.05) is 32.3 Å². The van der Waals surface area contributed by atoms with Crippen LogP contribution in [0.1, 0.15) is 37.8 Å². The van der Waals surface area contributed by atoms with E-state index in [1.165, 1.54) is 0 Å². The molecule has 0 saturated heterocycles. The molecular formula is C27H35Cl2N3O4. The Labute approximate surface area is 223 Å². The monoisotopic (exact) mass is 535 g/mol. The van der Waals surface area contributed by atoms with Crippen molar-refractivity contribution in [3.8, 4) is 17.2 Å². The first kappa shape index (κ1) is 27.8. The van der Waals surface area contributed by atoms with E-state index in [0.717, 1.165) is 29.7 Å². The van der Waals surface area contributed by atoms with Gasteiger partial charge in [-0.05, 0) is 55.5 Å². The van der Waals surface area contributed by atoms with Gasteiger partial charge in [-0.15, -0.1) is 0 Å². The zero-order chi connectivity index (χ0) is 26.4. The van der Waals surface area contributed by atoms with Gasteiger partial charge in [-0.2, -0.15) is 0 Å². The molecule has 0 spiro atoms. The number of aromatic hydroxyl groups is 1. The molecule has 3 rings (SSSR count). The molecule has 2 N–H and O–H groups in total. The smallest absolute Gasteiger partial charge is 0.220 e. The summed E-state index contributed by atoms with van der Waals surface area (Å²) in [4.78, 5) is 16.9. The van der Waals surface area contributed by atoms with Crippen molar-refractivity contribution in [1.29, 1.82) is 0 Å². The zero-order valence-corrected chi connectivity index (χ0v) is 23.0. The number of phenols is 1. The fraction of sp³-hybridized carbons (Fsp3) is 0.444. The number of benzene rings is 2. The molecule has 1 amide bonds. The molecule has 1 aliphatic rings. The highest BCUT2D eigenvalue weighted by Crippen LogP contribution is 2.38. The number of allylic oxidation sites excluding steroid dienone is 1. The van der Waals surface area contributed by atoms with Crippen molar-refractivity contribution >= 4 is 29.1 Å². The molecule has 7 nitrogen and oxygen atoms in total. The molecule has 9 heteroatoms. The van der Waals surface area contributed by atoms with Crippen LogP contribution in [0.25, 0.3) is 0 Å². The molecule has 0 fully saturated rings. The number of phenolic OH excluding ortho intramolecular Hbond substituents is 1. The molecule has 2 atom stereocenters. The third-order valence-corrected chi connectivity index (χ3v) is 7.26. The maximum absolute atomic E-state index is 12.7. The second-order valence-corrected chi connectivity index (χ2v) is 10.0. The Bertz CT molecular complexity index is 1110. The van der Waals surface area contributed by atoms with Gasteiger partial charge in [0.15, 0.2) is 11.5 Å². The summed E-state index contributed by atoms with van der Waals surface area (Å²) < 4.78 is 10.7. The molecule has 0 aromatic heterocycles. The first-order valence-corrected chi connectivity index (χ1v) is 12.7. The van der Waals surface area contributed by atoms with E-state index in [9.17, 15) is 9.90 Å². The quantitative estimate of drug-likeness (QED) is 0.399. The molecule has 0 bridgehead atoms. The Morgan fingerprint density at radius 3 is 2.61 bits per heavy atom. The third kappa shape index (κ3) is 6.71. The van der Waals surface area contributed by atoms with E-state index in [4.69, 9.17) is 32.7 Å². The summed E-state index contributed by atoms with van der Waals surface area (Å²) in [7, 11) is 5.14. The number of carbonyl (C=O) groups excluding carboxylic acids is 1. The second-order valence-electron chi connectivity index (χ2n) is 9.23. The molecule has 0 radical (unpaired) electrons. The number of likely N-dealkylation sites (N-methyl/N-ethyl adjacent to an activating group) is 1. The third-order valence-electron chi connectivity index (χ3n) is 6.61. The normalized spacial score (nSPS) is 16.1. The minimum Gasteiger partial charge on any atom is -0.508 e. The summed E-state index contributed by atoms with van der Waals surface area (Å²) in [6.45, 7) is 5.07. The van der Waals surface area contributed by atoms with Gasteiger partial charge in [-0.25, -0.2) is 0 Å². The maximum Gasteiger partial charge on any atom is 0.220 e. The fourth-order valence-corrected chi connectivity index (χ4v) is 4.90. The van der Waals surface area contributed by atoms with Crippen LogP contribution in [0.3, 0.4) is 0 Å². The van der Waals surface area contributed by atoms with Gasteiger partial charge in [-0.3, -0.25) is 4.79 Å². The van der Waals surface area contributed by atoms with Crippen LogP contribution in [0.15, 0.2) is 42.2 Å². The van der Waals surface area contributed by atoms with Gasteiger partial charge in [0.05, 0.1) is 25.8 Å². The average molecular weight is 537 g/mol. The number of rotatable bonds is 11. The Morgan fingerprint density at radius 2 is 1.92 bits per heavy atom. The van der Waals surface area contributed by atoms with Gasteiger partial charge in [0.1, 0.15) is 11.9 Å². The lowest BCUT2D eigenvalue weighted by molar-refractivity contribution is -0.121. The number of hydrogen-bond acceptors (Lipinski definition) is 6. The number of carbonyl (C=O) groups is 1. The standard InChI is InChI=1S/C27H35Cl2N3O4/c1-17(12-19-7-10-23(35-4)27(36-5)26(19)29)6-11-24(34)30-14-25-31(3)18(2)15-32(25)16-20-13-21(28)8-9-22(20)33/h7-10,13,15,17,25,33H,6,11-12,14,16H2,1-5H3,(H,30,34). The molecule has 0 saturated carbocycles. The molecule has 2 aromatic rings. The number of hydrogen-bond donors (Lipinski definition) is 2. The lowest BCUT2D eigenvalue weighted by Gasteiger charge is -2.31. The minimum atomic E-state index is -0.0599. The van der Waals surface area contributed by atoms with Crippen molar-refractivity contribution in [3.63, 3.8) is 0 Å². The van der Waals surface area contributed by atoms with E-state index in [-0.39, 0.29) is 23.7 Å². The van der Waals surface area contributed by atoms with Gasteiger partial charge in [0.25, 0.3) is 0 Å². The summed E-state index contributed by atoms with van der Waals surface area (Å²) in [5.74, 6) is 1.59. The Balaban J connectivity index is 1.52. The highest BCUT2D eigenvalue weighted by molar-refractivity contribution is 6.33. The number of methoxy groups -OCH3 is 2. The summed E-state index contributed by atoms with van der Waals surface area (Å²) in [5, 5.41) is 14.4. The minimum absolute atomic E-state index is 0.00349. The van der Waals surface area contributed by atoms with Crippen LogP contribution in [0.5, 0.6) is 17.2 Å². The van der Waals surface area contributed by atoms with Crippen LogP contribution >= 0.6 is 23.2 Å². The molecule has 1 heterocycles. The molecule has 2 unspecified atom stereocenters. The van der Waals surface area contributed by atoms with Crippen LogP contribution in [0, 0.1) is 5.92 Å². The van der Waals surface area contributed by atoms with Crippen molar-refractivity contribution in [3.05, 3.63) is 63.4 Å². The van der Waals surface area contributed by atoms with Crippen LogP contribution in [-0.2, 0) is 17.8 Å². The van der Waals surface area contributed by atoms with Gasteiger partial charge in [0, 0.05) is 42.5 Å². The maximum atomic E-state index is 12.7. The van der Waals surface area contributed by atoms with Crippen LogP contribution < -0.4 is 14.8 Å². The molecule has 2 aromatic carbocycles. The molecule has 0 aliphatic carbocycles. The molecule has 1 aliphatic heterocycles. The van der Waals surface area contributed by atoms with Gasteiger partial charge >= 0.3 is 0 Å². The van der Waals surface area contributed by atoms with Crippen molar-refractivity contribution in [2.24, 2.45) is 5.92 Å². The topological polar surface area (TPSA) is 74.3 Å². The van der Waals surface area contributed by atoms with Crippen molar-refractivity contribution in [2.75, 3.05) is 27.8 Å². The highest BCUT2D eigenvalue weighted by atomic mass is 35.5. The predicted molar refractivity (Wildman–Crippen MR) is 144 cm³/mol. The van der Waals surface area contributed by atoms with E-state index in [1.54, 1.807) is 32.4 Å². The number of amides is 1. The summed E-state index contributed by atoms with van der Waals surface area (Å²) >= 11 is 12.6. The lowest BCUT2D eigenvalue weighted by atomic mass is 9.96. The van der Waals surface area contributed by atoms with E-state index in [2.05, 4.69) is 22.0 Å². The van der Waals surface area contributed by atoms with Gasteiger partial charge in [-0.1, -0.05) is 36.2 Å². The van der Waals surface area contributed by atoms with E-state index in [0.29, 0.717) is 41.1 Å². The summed E-state index contributed by atoms with van der Waals surface area (Å²) in [6.07, 6.45) is 3.86. The lowest BCUT2D eigenvalue weighted by Crippen LogP contribution is -2.46. The number of nitrogens with one attached hydrogen (secondary N) is 1. The Morgan fingerprint density at radius 1 is 1.17 bits per heavy atom. The van der Waals surface area contributed by atoms with Crippen LogP contribution in [0.2, 0.25) is 10.0 Å². The summed E-state index contributed by atoms with van der Waals surface area (Å²) in [6, 6.07) is 8.82. The first-order chi connectivity index (χ1) is 17.1.